The number of nitrogens with one attached hydrogen (secondary N) is 1. The largest absolute Gasteiger partial charge is 0.481 e. The van der Waals surface area contributed by atoms with E-state index in [2.05, 4.69) is 15.3 Å². The third kappa shape index (κ3) is 2.28. The number of rotatable bonds is 4. The quantitative estimate of drug-likeness (QED) is 0.828. The molecule has 18 heavy (non-hydrogen) atoms. The Morgan fingerprint density at radius 2 is 2.44 bits per heavy atom. The molecule has 1 fully saturated rings. The molecule has 0 aromatic carbocycles. The molecule has 6 heteroatoms. The molecule has 2 rings (SSSR count). The molecule has 0 spiro atoms. The zero-order valence-corrected chi connectivity index (χ0v) is 10.5. The number of aryl methyl sites for hydroxylation is 1. The van der Waals surface area contributed by atoms with Crippen LogP contribution in [0.4, 0.5) is 5.82 Å². The summed E-state index contributed by atoms with van der Waals surface area (Å²) >= 11 is 0. The minimum absolute atomic E-state index is 0.214. The smallest absolute Gasteiger partial charge is 0.313 e. The lowest BCUT2D eigenvalue weighted by atomic mass is 9.85. The highest BCUT2D eigenvalue weighted by Gasteiger charge is 2.46. The summed E-state index contributed by atoms with van der Waals surface area (Å²) < 4.78 is 5.28. The molecule has 0 amide bonds. The van der Waals surface area contributed by atoms with Gasteiger partial charge in [-0.2, -0.15) is 0 Å². The summed E-state index contributed by atoms with van der Waals surface area (Å²) in [5.74, 6) is -0.216. The van der Waals surface area contributed by atoms with Gasteiger partial charge < -0.3 is 15.2 Å². The molecule has 1 saturated heterocycles. The van der Waals surface area contributed by atoms with Gasteiger partial charge in [-0.1, -0.05) is 6.92 Å². The van der Waals surface area contributed by atoms with Crippen molar-refractivity contribution in [2.24, 2.45) is 5.41 Å². The van der Waals surface area contributed by atoms with Gasteiger partial charge in [-0.15, -0.1) is 0 Å². The Morgan fingerprint density at radius 1 is 1.67 bits per heavy atom. The molecule has 0 aliphatic carbocycles. The van der Waals surface area contributed by atoms with Crippen molar-refractivity contribution in [3.63, 3.8) is 0 Å². The highest BCUT2D eigenvalue weighted by atomic mass is 16.5. The lowest BCUT2D eigenvalue weighted by molar-refractivity contribution is -0.148. The maximum Gasteiger partial charge on any atom is 0.313 e. The lowest BCUT2D eigenvalue weighted by Gasteiger charge is -2.25. The number of hydrogen-bond donors (Lipinski definition) is 2. The number of hydrogen-bond acceptors (Lipinski definition) is 5. The maximum absolute atomic E-state index is 11.3. The van der Waals surface area contributed by atoms with Crippen molar-refractivity contribution >= 4 is 11.8 Å². The van der Waals surface area contributed by atoms with E-state index < -0.39 is 11.4 Å². The van der Waals surface area contributed by atoms with Crippen molar-refractivity contribution in [2.45, 2.75) is 26.3 Å². The van der Waals surface area contributed by atoms with Crippen LogP contribution in [-0.4, -0.2) is 40.3 Å². The van der Waals surface area contributed by atoms with E-state index in [1.54, 1.807) is 6.92 Å². The van der Waals surface area contributed by atoms with E-state index in [4.69, 9.17) is 4.74 Å². The monoisotopic (exact) mass is 251 g/mol. The van der Waals surface area contributed by atoms with Crippen molar-refractivity contribution in [3.8, 4) is 0 Å². The van der Waals surface area contributed by atoms with E-state index >= 15 is 0 Å². The molecule has 6 nitrogen and oxygen atoms in total. The summed E-state index contributed by atoms with van der Waals surface area (Å²) in [6.07, 6.45) is 2.30. The summed E-state index contributed by atoms with van der Waals surface area (Å²) in [6, 6.07) is 1.55. The van der Waals surface area contributed by atoms with Crippen molar-refractivity contribution in [1.82, 2.24) is 9.97 Å². The van der Waals surface area contributed by atoms with Gasteiger partial charge in [0.1, 0.15) is 17.6 Å². The summed E-state index contributed by atoms with van der Waals surface area (Å²) in [7, 11) is 0. The van der Waals surface area contributed by atoms with Crippen molar-refractivity contribution in [1.29, 1.82) is 0 Å². The Morgan fingerprint density at radius 3 is 3.11 bits per heavy atom. The Labute approximate surface area is 105 Å². The van der Waals surface area contributed by atoms with Gasteiger partial charge in [0.05, 0.1) is 19.3 Å². The van der Waals surface area contributed by atoms with Crippen LogP contribution in [-0.2, 0) is 16.0 Å². The molecule has 1 aromatic heterocycles. The fourth-order valence-corrected chi connectivity index (χ4v) is 1.93. The van der Waals surface area contributed by atoms with Gasteiger partial charge in [0.2, 0.25) is 0 Å². The number of carbonyl (C=O) groups is 1. The van der Waals surface area contributed by atoms with E-state index in [0.29, 0.717) is 12.4 Å². The normalized spacial score (nSPS) is 27.1. The van der Waals surface area contributed by atoms with E-state index in [9.17, 15) is 9.90 Å². The van der Waals surface area contributed by atoms with Crippen molar-refractivity contribution in [3.05, 3.63) is 18.1 Å². The predicted octanol–water partition coefficient (Wildman–Crippen LogP) is 0.941. The number of ether oxygens (including phenoxy) is 1. The predicted molar refractivity (Wildman–Crippen MR) is 65.4 cm³/mol. The minimum Gasteiger partial charge on any atom is -0.481 e. The van der Waals surface area contributed by atoms with Gasteiger partial charge in [0.25, 0.3) is 0 Å². The average Bonchev–Trinajstić information content (AvgIpc) is 2.73. The average molecular weight is 251 g/mol. The first-order valence-electron chi connectivity index (χ1n) is 5.95. The third-order valence-electron chi connectivity index (χ3n) is 3.35. The second-order valence-electron chi connectivity index (χ2n) is 4.68. The van der Waals surface area contributed by atoms with Gasteiger partial charge >= 0.3 is 5.97 Å². The second-order valence-corrected chi connectivity index (χ2v) is 4.68. The molecule has 98 valence electrons. The van der Waals surface area contributed by atoms with Crippen LogP contribution in [0.1, 0.15) is 19.5 Å². The first-order valence-corrected chi connectivity index (χ1v) is 5.95. The summed E-state index contributed by atoms with van der Waals surface area (Å²) in [6.45, 7) is 4.27. The lowest BCUT2D eigenvalue weighted by Crippen LogP contribution is -2.43. The number of anilines is 1. The maximum atomic E-state index is 11.3. The zero-order valence-electron chi connectivity index (χ0n) is 10.5. The number of carboxylic acids is 1. The third-order valence-corrected chi connectivity index (χ3v) is 3.35. The van der Waals surface area contributed by atoms with Gasteiger partial charge in [-0.25, -0.2) is 9.97 Å². The second kappa shape index (κ2) is 4.89. The summed E-state index contributed by atoms with van der Waals surface area (Å²) in [4.78, 5) is 19.5. The molecular formula is C12H17N3O3. The fraction of sp³-hybridized carbons (Fsp3) is 0.583. The Hall–Kier alpha value is -1.69. The Kier molecular flexibility index (Phi) is 3.47. The van der Waals surface area contributed by atoms with Gasteiger partial charge in [0.15, 0.2) is 0 Å². The molecule has 1 aromatic rings. The molecule has 1 aliphatic rings. The molecule has 1 aliphatic heterocycles. The number of aliphatic carboxylic acids is 1. The SMILES string of the molecule is CCc1cc(NC2COCC2(C)C(=O)O)ncn1. The Bertz CT molecular complexity index is 452. The van der Waals surface area contributed by atoms with Crippen LogP contribution in [0.25, 0.3) is 0 Å². The van der Waals surface area contributed by atoms with E-state index in [1.807, 2.05) is 13.0 Å². The number of nitrogens with zero attached hydrogens (tertiary/aromatic N) is 2. The first-order chi connectivity index (χ1) is 8.56. The summed E-state index contributed by atoms with van der Waals surface area (Å²) in [5.41, 5.74) is 0.000537. The van der Waals surface area contributed by atoms with Crippen LogP contribution in [0.2, 0.25) is 0 Å². The zero-order chi connectivity index (χ0) is 13.2. The molecule has 2 unspecified atom stereocenters. The minimum atomic E-state index is -0.919. The molecule has 0 bridgehead atoms. The van der Waals surface area contributed by atoms with Crippen LogP contribution in [0.3, 0.4) is 0 Å². The standard InChI is InChI=1S/C12H17N3O3/c1-3-8-4-10(14-7-13-8)15-9-5-18-6-12(9,2)11(16)17/h4,7,9H,3,5-6H2,1-2H3,(H,16,17)(H,13,14,15). The fourth-order valence-electron chi connectivity index (χ4n) is 1.93. The van der Waals surface area contributed by atoms with E-state index in [1.165, 1.54) is 6.33 Å². The molecule has 2 N–H and O–H groups in total. The molecular weight excluding hydrogens is 234 g/mol. The molecule has 0 saturated carbocycles. The molecule has 0 radical (unpaired) electrons. The Balaban J connectivity index is 2.15. The van der Waals surface area contributed by atoms with E-state index in [-0.39, 0.29) is 12.6 Å². The highest BCUT2D eigenvalue weighted by molar-refractivity contribution is 5.76. The van der Waals surface area contributed by atoms with Crippen LogP contribution in [0.5, 0.6) is 0 Å². The van der Waals surface area contributed by atoms with Crippen LogP contribution in [0, 0.1) is 5.41 Å². The van der Waals surface area contributed by atoms with Crippen LogP contribution >= 0.6 is 0 Å². The highest BCUT2D eigenvalue weighted by Crippen LogP contribution is 2.30. The van der Waals surface area contributed by atoms with Gasteiger partial charge in [-0.3, -0.25) is 4.79 Å². The van der Waals surface area contributed by atoms with Gasteiger partial charge in [0, 0.05) is 11.8 Å². The number of aromatic nitrogens is 2. The molecule has 2 heterocycles. The number of carboxylic acid groups (broad SMARTS) is 1. The first kappa shape index (κ1) is 12.8. The summed E-state index contributed by atoms with van der Waals surface area (Å²) in [5, 5.41) is 12.4. The van der Waals surface area contributed by atoms with Crippen molar-refractivity contribution in [2.75, 3.05) is 18.5 Å². The topological polar surface area (TPSA) is 84.3 Å². The van der Waals surface area contributed by atoms with Crippen LogP contribution in [0.15, 0.2) is 12.4 Å². The molecule has 2 atom stereocenters. The van der Waals surface area contributed by atoms with Gasteiger partial charge in [-0.05, 0) is 13.3 Å². The van der Waals surface area contributed by atoms with Crippen LogP contribution < -0.4 is 5.32 Å². The van der Waals surface area contributed by atoms with E-state index in [0.717, 1.165) is 12.1 Å². The van der Waals surface area contributed by atoms with Crippen molar-refractivity contribution < 1.29 is 14.6 Å².